The largest absolute Gasteiger partial charge is 0.330 e. The minimum atomic E-state index is -0.226. The molecule has 90 valence electrons. The predicted octanol–water partition coefficient (Wildman–Crippen LogP) is 1.74. The molecular formula is C11H13FN4S. The summed E-state index contributed by atoms with van der Waals surface area (Å²) in [6.45, 7) is 0.536. The van der Waals surface area contributed by atoms with E-state index in [1.54, 1.807) is 6.07 Å². The minimum absolute atomic E-state index is 0.226. The second kappa shape index (κ2) is 5.79. The van der Waals surface area contributed by atoms with Crippen molar-refractivity contribution >= 4 is 11.8 Å². The van der Waals surface area contributed by atoms with E-state index in [0.717, 1.165) is 16.5 Å². The maximum absolute atomic E-state index is 12.9. The topological polar surface area (TPSA) is 67.6 Å². The predicted molar refractivity (Wildman–Crippen MR) is 65.1 cm³/mol. The zero-order valence-corrected chi connectivity index (χ0v) is 10.0. The summed E-state index contributed by atoms with van der Waals surface area (Å²) in [6, 6.07) is 6.49. The Bertz CT molecular complexity index is 486. The van der Waals surface area contributed by atoms with Crippen molar-refractivity contribution in [3.05, 3.63) is 41.7 Å². The Labute approximate surface area is 103 Å². The van der Waals surface area contributed by atoms with Gasteiger partial charge in [-0.2, -0.15) is 5.10 Å². The summed E-state index contributed by atoms with van der Waals surface area (Å²) in [4.78, 5) is 5.15. The molecule has 1 heterocycles. The molecule has 0 aliphatic heterocycles. The molecule has 1 aromatic carbocycles. The van der Waals surface area contributed by atoms with E-state index in [9.17, 15) is 4.39 Å². The number of halogens is 1. The number of thioether (sulfide) groups is 1. The van der Waals surface area contributed by atoms with Crippen LogP contribution in [0.1, 0.15) is 11.6 Å². The first-order valence-electron chi connectivity index (χ1n) is 5.26. The number of rotatable bonds is 5. The molecule has 1 aromatic heterocycles. The van der Waals surface area contributed by atoms with Crippen molar-refractivity contribution in [1.29, 1.82) is 0 Å². The van der Waals surface area contributed by atoms with Gasteiger partial charge in [-0.15, -0.1) is 11.8 Å². The van der Waals surface area contributed by atoms with E-state index in [-0.39, 0.29) is 5.82 Å². The standard InChI is InChI=1S/C11H13FN4S/c12-8-2-1-3-9(6-8)17-7-11-14-10(4-5-13)15-16-11/h1-3,6H,4-5,7,13H2,(H,14,15,16). The lowest BCUT2D eigenvalue weighted by molar-refractivity contribution is 0.624. The van der Waals surface area contributed by atoms with Gasteiger partial charge in [0.15, 0.2) is 5.82 Å². The number of aromatic nitrogens is 3. The number of nitrogens with zero attached hydrogens (tertiary/aromatic N) is 2. The third-order valence-electron chi connectivity index (χ3n) is 2.12. The molecular weight excluding hydrogens is 239 g/mol. The Hall–Kier alpha value is -1.40. The van der Waals surface area contributed by atoms with Crippen LogP contribution < -0.4 is 5.73 Å². The van der Waals surface area contributed by atoms with Crippen LogP contribution in [0.2, 0.25) is 0 Å². The summed E-state index contributed by atoms with van der Waals surface area (Å²) in [5, 5.41) is 6.88. The highest BCUT2D eigenvalue weighted by Crippen LogP contribution is 2.21. The molecule has 0 amide bonds. The van der Waals surface area contributed by atoms with Gasteiger partial charge in [0.25, 0.3) is 0 Å². The smallest absolute Gasteiger partial charge is 0.151 e. The van der Waals surface area contributed by atoms with Crippen LogP contribution in [0, 0.1) is 5.82 Å². The number of nitrogens with one attached hydrogen (secondary N) is 1. The fraction of sp³-hybridized carbons (Fsp3) is 0.273. The monoisotopic (exact) mass is 252 g/mol. The van der Waals surface area contributed by atoms with Crippen molar-refractivity contribution < 1.29 is 4.39 Å². The van der Waals surface area contributed by atoms with Crippen molar-refractivity contribution in [2.24, 2.45) is 5.73 Å². The highest BCUT2D eigenvalue weighted by molar-refractivity contribution is 7.98. The fourth-order valence-electron chi connectivity index (χ4n) is 1.35. The summed E-state index contributed by atoms with van der Waals surface area (Å²) in [6.07, 6.45) is 0.668. The van der Waals surface area contributed by atoms with E-state index in [2.05, 4.69) is 15.2 Å². The highest BCUT2D eigenvalue weighted by atomic mass is 32.2. The lowest BCUT2D eigenvalue weighted by atomic mass is 10.4. The van der Waals surface area contributed by atoms with E-state index in [1.165, 1.54) is 23.9 Å². The van der Waals surface area contributed by atoms with Gasteiger partial charge in [0.1, 0.15) is 11.6 Å². The van der Waals surface area contributed by atoms with Crippen LogP contribution in [0.15, 0.2) is 29.2 Å². The molecule has 2 rings (SSSR count). The molecule has 0 fully saturated rings. The summed E-state index contributed by atoms with van der Waals surface area (Å²) >= 11 is 1.51. The lowest BCUT2D eigenvalue weighted by Crippen LogP contribution is -2.03. The van der Waals surface area contributed by atoms with Crippen molar-refractivity contribution in [3.63, 3.8) is 0 Å². The number of nitrogens with two attached hydrogens (primary N) is 1. The minimum Gasteiger partial charge on any atom is -0.330 e. The molecule has 0 spiro atoms. The Morgan fingerprint density at radius 2 is 2.29 bits per heavy atom. The van der Waals surface area contributed by atoms with E-state index in [1.807, 2.05) is 6.07 Å². The summed E-state index contributed by atoms with van der Waals surface area (Å²) in [7, 11) is 0. The zero-order chi connectivity index (χ0) is 12.1. The Morgan fingerprint density at radius 3 is 3.06 bits per heavy atom. The molecule has 0 saturated heterocycles. The first-order chi connectivity index (χ1) is 8.28. The van der Waals surface area contributed by atoms with Gasteiger partial charge in [-0.25, -0.2) is 9.37 Å². The number of hydrogen-bond acceptors (Lipinski definition) is 4. The van der Waals surface area contributed by atoms with Gasteiger partial charge in [0, 0.05) is 11.3 Å². The van der Waals surface area contributed by atoms with Gasteiger partial charge in [-0.3, -0.25) is 5.10 Å². The van der Waals surface area contributed by atoms with E-state index < -0.39 is 0 Å². The molecule has 0 radical (unpaired) electrons. The molecule has 0 atom stereocenters. The summed E-state index contributed by atoms with van der Waals surface area (Å²) < 4.78 is 12.9. The molecule has 2 aromatic rings. The molecule has 0 aliphatic rings. The molecule has 0 bridgehead atoms. The maximum atomic E-state index is 12.9. The maximum Gasteiger partial charge on any atom is 0.151 e. The van der Waals surface area contributed by atoms with Crippen LogP contribution in [0.4, 0.5) is 4.39 Å². The average molecular weight is 252 g/mol. The van der Waals surface area contributed by atoms with Crippen molar-refractivity contribution in [2.45, 2.75) is 17.1 Å². The molecule has 0 saturated carbocycles. The molecule has 17 heavy (non-hydrogen) atoms. The van der Waals surface area contributed by atoms with Crippen LogP contribution in [-0.4, -0.2) is 21.7 Å². The van der Waals surface area contributed by atoms with Crippen LogP contribution in [0.3, 0.4) is 0 Å². The van der Waals surface area contributed by atoms with Crippen molar-refractivity contribution in [1.82, 2.24) is 15.2 Å². The lowest BCUT2D eigenvalue weighted by Gasteiger charge is -1.98. The first kappa shape index (κ1) is 12.1. The third kappa shape index (κ3) is 3.54. The van der Waals surface area contributed by atoms with Crippen LogP contribution >= 0.6 is 11.8 Å². The molecule has 0 aliphatic carbocycles. The second-order valence-electron chi connectivity index (χ2n) is 3.48. The molecule has 0 unspecified atom stereocenters. The number of hydrogen-bond donors (Lipinski definition) is 2. The number of aromatic amines is 1. The van der Waals surface area contributed by atoms with E-state index in [0.29, 0.717) is 18.7 Å². The van der Waals surface area contributed by atoms with Crippen LogP contribution in [0.5, 0.6) is 0 Å². The fourth-order valence-corrected chi connectivity index (χ4v) is 2.15. The molecule has 3 N–H and O–H groups in total. The second-order valence-corrected chi connectivity index (χ2v) is 4.53. The average Bonchev–Trinajstić information content (AvgIpc) is 2.75. The normalized spacial score (nSPS) is 10.7. The van der Waals surface area contributed by atoms with E-state index in [4.69, 9.17) is 5.73 Å². The van der Waals surface area contributed by atoms with Gasteiger partial charge in [0.05, 0.1) is 5.75 Å². The Kier molecular flexibility index (Phi) is 4.11. The third-order valence-corrected chi connectivity index (χ3v) is 3.12. The number of H-pyrrole nitrogens is 1. The van der Waals surface area contributed by atoms with Crippen molar-refractivity contribution in [3.8, 4) is 0 Å². The highest BCUT2D eigenvalue weighted by Gasteiger charge is 2.03. The zero-order valence-electron chi connectivity index (χ0n) is 9.19. The van der Waals surface area contributed by atoms with Gasteiger partial charge in [-0.05, 0) is 24.7 Å². The van der Waals surface area contributed by atoms with Gasteiger partial charge < -0.3 is 5.73 Å². The Morgan fingerprint density at radius 1 is 1.41 bits per heavy atom. The van der Waals surface area contributed by atoms with Crippen LogP contribution in [0.25, 0.3) is 0 Å². The van der Waals surface area contributed by atoms with Crippen LogP contribution in [-0.2, 0) is 12.2 Å². The molecule has 6 heteroatoms. The summed E-state index contributed by atoms with van der Waals surface area (Å²) in [5.74, 6) is 1.92. The van der Waals surface area contributed by atoms with E-state index >= 15 is 0 Å². The Balaban J connectivity index is 1.93. The van der Waals surface area contributed by atoms with Crippen molar-refractivity contribution in [2.75, 3.05) is 6.54 Å². The van der Waals surface area contributed by atoms with Gasteiger partial charge in [0.2, 0.25) is 0 Å². The SMILES string of the molecule is NCCc1n[nH]c(CSc2cccc(F)c2)n1. The van der Waals surface area contributed by atoms with Gasteiger partial charge >= 0.3 is 0 Å². The number of benzene rings is 1. The quantitative estimate of drug-likeness (QED) is 0.795. The first-order valence-corrected chi connectivity index (χ1v) is 6.25. The van der Waals surface area contributed by atoms with Gasteiger partial charge in [-0.1, -0.05) is 6.07 Å². The summed E-state index contributed by atoms with van der Waals surface area (Å²) in [5.41, 5.74) is 5.41. The molecule has 4 nitrogen and oxygen atoms in total.